The van der Waals surface area contributed by atoms with Gasteiger partial charge in [0.15, 0.2) is 0 Å². The zero-order chi connectivity index (χ0) is 12.5. The smallest absolute Gasteiger partial charge is 0.0574 e. The number of ether oxygens (including phenoxy) is 1. The van der Waals surface area contributed by atoms with Crippen LogP contribution in [0.2, 0.25) is 0 Å². The third kappa shape index (κ3) is 2.31. The van der Waals surface area contributed by atoms with E-state index in [1.807, 2.05) is 0 Å². The van der Waals surface area contributed by atoms with Gasteiger partial charge in [-0.15, -0.1) is 0 Å². The van der Waals surface area contributed by atoms with Crippen molar-refractivity contribution < 1.29 is 4.74 Å². The molecule has 3 nitrogen and oxygen atoms in total. The molecular formula is C14H22N2O. The van der Waals surface area contributed by atoms with Gasteiger partial charge >= 0.3 is 0 Å². The third-order valence-electron chi connectivity index (χ3n) is 3.96. The lowest BCUT2D eigenvalue weighted by Gasteiger charge is -2.40. The van der Waals surface area contributed by atoms with Crippen LogP contribution in [-0.2, 0) is 4.74 Å². The zero-order valence-electron chi connectivity index (χ0n) is 11.0. The second kappa shape index (κ2) is 4.67. The molecule has 0 aliphatic carbocycles. The Morgan fingerprint density at radius 2 is 1.94 bits per heavy atom. The lowest BCUT2D eigenvalue weighted by atomic mass is 9.86. The maximum Gasteiger partial charge on any atom is 0.0574 e. The molecular weight excluding hydrogens is 212 g/mol. The van der Waals surface area contributed by atoms with Gasteiger partial charge in [0.25, 0.3) is 0 Å². The van der Waals surface area contributed by atoms with Gasteiger partial charge in [0, 0.05) is 24.2 Å². The summed E-state index contributed by atoms with van der Waals surface area (Å²) >= 11 is 0. The molecule has 1 aromatic carbocycles. The van der Waals surface area contributed by atoms with Crippen molar-refractivity contribution in [3.63, 3.8) is 0 Å². The van der Waals surface area contributed by atoms with E-state index in [2.05, 4.69) is 38.2 Å². The van der Waals surface area contributed by atoms with E-state index < -0.39 is 0 Å². The van der Waals surface area contributed by atoms with Gasteiger partial charge in [-0.3, -0.25) is 0 Å². The van der Waals surface area contributed by atoms with Crippen molar-refractivity contribution in [2.75, 3.05) is 31.6 Å². The molecule has 1 heterocycles. The van der Waals surface area contributed by atoms with E-state index in [9.17, 15) is 0 Å². The highest BCUT2D eigenvalue weighted by Crippen LogP contribution is 2.28. The molecule has 3 N–H and O–H groups in total. The summed E-state index contributed by atoms with van der Waals surface area (Å²) in [6.07, 6.45) is 0. The molecule has 0 spiro atoms. The molecule has 2 rings (SSSR count). The van der Waals surface area contributed by atoms with Crippen LogP contribution in [0, 0.1) is 26.2 Å². The first-order valence-corrected chi connectivity index (χ1v) is 6.16. The summed E-state index contributed by atoms with van der Waals surface area (Å²) in [5.74, 6) is 0. The Balaban J connectivity index is 2.07. The van der Waals surface area contributed by atoms with Crippen LogP contribution in [0.15, 0.2) is 12.1 Å². The van der Waals surface area contributed by atoms with Crippen molar-refractivity contribution in [2.45, 2.75) is 20.8 Å². The lowest BCUT2D eigenvalue weighted by Crippen LogP contribution is -2.52. The fourth-order valence-electron chi connectivity index (χ4n) is 2.11. The van der Waals surface area contributed by atoms with Crippen molar-refractivity contribution in [3.8, 4) is 0 Å². The quantitative estimate of drug-likeness (QED) is 0.837. The number of hydrogen-bond donors (Lipinski definition) is 2. The summed E-state index contributed by atoms with van der Waals surface area (Å²) in [4.78, 5) is 0. The molecule has 0 radical (unpaired) electrons. The molecule has 0 atom stereocenters. The van der Waals surface area contributed by atoms with Gasteiger partial charge in [-0.1, -0.05) is 6.07 Å². The zero-order valence-corrected chi connectivity index (χ0v) is 11.0. The monoisotopic (exact) mass is 234 g/mol. The largest absolute Gasteiger partial charge is 0.384 e. The number of anilines is 1. The number of rotatable bonds is 4. The molecule has 1 saturated heterocycles. The maximum atomic E-state index is 5.81. The second-order valence-electron chi connectivity index (χ2n) is 5.23. The van der Waals surface area contributed by atoms with E-state index in [0.717, 1.165) is 19.8 Å². The molecule has 0 unspecified atom stereocenters. The standard InChI is InChI=1S/C14H22N2O/c1-10-4-5-13(12(3)11(10)2)16-7-14(6-15)8-17-9-14/h4-5,16H,6-9,15H2,1-3H3. The number of benzene rings is 1. The Morgan fingerprint density at radius 1 is 1.24 bits per heavy atom. The molecule has 1 aromatic rings. The summed E-state index contributed by atoms with van der Waals surface area (Å²) in [6, 6.07) is 4.32. The first kappa shape index (κ1) is 12.4. The summed E-state index contributed by atoms with van der Waals surface area (Å²) < 4.78 is 5.27. The highest BCUT2D eigenvalue weighted by molar-refractivity contribution is 5.56. The van der Waals surface area contributed by atoms with Crippen LogP contribution in [-0.4, -0.2) is 26.3 Å². The number of aryl methyl sites for hydroxylation is 1. The molecule has 3 heteroatoms. The number of nitrogens with one attached hydrogen (secondary N) is 1. The Hall–Kier alpha value is -1.06. The van der Waals surface area contributed by atoms with Crippen LogP contribution in [0.25, 0.3) is 0 Å². The third-order valence-corrected chi connectivity index (χ3v) is 3.96. The SMILES string of the molecule is Cc1ccc(NCC2(CN)COC2)c(C)c1C. The van der Waals surface area contributed by atoms with Gasteiger partial charge in [-0.2, -0.15) is 0 Å². The average molecular weight is 234 g/mol. The molecule has 1 fully saturated rings. The summed E-state index contributed by atoms with van der Waals surface area (Å²) in [5.41, 5.74) is 11.2. The Labute approximate surface area is 103 Å². The van der Waals surface area contributed by atoms with Crippen LogP contribution >= 0.6 is 0 Å². The Bertz CT molecular complexity index is 405. The predicted molar refractivity (Wildman–Crippen MR) is 71.4 cm³/mol. The highest BCUT2D eigenvalue weighted by atomic mass is 16.5. The first-order chi connectivity index (χ1) is 8.08. The minimum Gasteiger partial charge on any atom is -0.384 e. The van der Waals surface area contributed by atoms with Crippen molar-refractivity contribution in [1.29, 1.82) is 0 Å². The normalized spacial score (nSPS) is 17.6. The van der Waals surface area contributed by atoms with E-state index >= 15 is 0 Å². The average Bonchev–Trinajstić information content (AvgIpc) is 2.28. The summed E-state index contributed by atoms with van der Waals surface area (Å²) in [5, 5.41) is 3.51. The molecule has 94 valence electrons. The summed E-state index contributed by atoms with van der Waals surface area (Å²) in [6.45, 7) is 9.61. The van der Waals surface area contributed by atoms with Gasteiger partial charge < -0.3 is 15.8 Å². The van der Waals surface area contributed by atoms with Crippen LogP contribution in [0.5, 0.6) is 0 Å². The van der Waals surface area contributed by atoms with Crippen molar-refractivity contribution >= 4 is 5.69 Å². The number of nitrogens with two attached hydrogens (primary N) is 1. The molecule has 17 heavy (non-hydrogen) atoms. The molecule has 0 aromatic heterocycles. The van der Waals surface area contributed by atoms with Crippen LogP contribution in [0.1, 0.15) is 16.7 Å². The maximum absolute atomic E-state index is 5.81. The van der Waals surface area contributed by atoms with Crippen LogP contribution in [0.3, 0.4) is 0 Å². The van der Waals surface area contributed by atoms with Crippen molar-refractivity contribution in [1.82, 2.24) is 0 Å². The highest BCUT2D eigenvalue weighted by Gasteiger charge is 2.37. The predicted octanol–water partition coefficient (Wildman–Crippen LogP) is 2.00. The first-order valence-electron chi connectivity index (χ1n) is 6.16. The van der Waals surface area contributed by atoms with Crippen LogP contribution in [0.4, 0.5) is 5.69 Å². The fourth-order valence-corrected chi connectivity index (χ4v) is 2.11. The van der Waals surface area contributed by atoms with E-state index in [-0.39, 0.29) is 5.41 Å². The second-order valence-corrected chi connectivity index (χ2v) is 5.23. The van der Waals surface area contributed by atoms with Crippen molar-refractivity contribution in [3.05, 3.63) is 28.8 Å². The molecule has 0 bridgehead atoms. The minimum atomic E-state index is 0.144. The Morgan fingerprint density at radius 3 is 2.47 bits per heavy atom. The van der Waals surface area contributed by atoms with E-state index in [1.165, 1.54) is 22.4 Å². The van der Waals surface area contributed by atoms with Gasteiger partial charge in [0.1, 0.15) is 0 Å². The van der Waals surface area contributed by atoms with Gasteiger partial charge in [-0.05, 0) is 43.5 Å². The number of hydrogen-bond acceptors (Lipinski definition) is 3. The van der Waals surface area contributed by atoms with E-state index in [1.54, 1.807) is 0 Å². The topological polar surface area (TPSA) is 47.3 Å². The van der Waals surface area contributed by atoms with Crippen molar-refractivity contribution in [2.24, 2.45) is 11.1 Å². The molecule has 1 aliphatic rings. The van der Waals surface area contributed by atoms with Gasteiger partial charge in [0.05, 0.1) is 13.2 Å². The molecule has 0 amide bonds. The lowest BCUT2D eigenvalue weighted by molar-refractivity contribution is -0.0979. The molecule has 1 aliphatic heterocycles. The Kier molecular flexibility index (Phi) is 3.40. The van der Waals surface area contributed by atoms with Gasteiger partial charge in [-0.25, -0.2) is 0 Å². The van der Waals surface area contributed by atoms with E-state index in [4.69, 9.17) is 10.5 Å². The summed E-state index contributed by atoms with van der Waals surface area (Å²) in [7, 11) is 0. The van der Waals surface area contributed by atoms with E-state index in [0.29, 0.717) is 6.54 Å². The fraction of sp³-hybridized carbons (Fsp3) is 0.571. The minimum absolute atomic E-state index is 0.144. The molecule has 0 saturated carbocycles. The van der Waals surface area contributed by atoms with Crippen LogP contribution < -0.4 is 11.1 Å². The van der Waals surface area contributed by atoms with Gasteiger partial charge in [0.2, 0.25) is 0 Å².